The summed E-state index contributed by atoms with van der Waals surface area (Å²) in [5, 5.41) is 36.7. The number of nitro benzene ring substituents is 2. The SMILES string of the molecule is CCn1c(SCC(=O)Nc2ccc(C)c([N+](=O)[O-])c2)nnc1[C@@H](NC(=O)c1cccc([N+](=O)[O-])c1)C(C)C. The second-order valence-corrected chi connectivity index (χ2v) is 9.63. The maximum atomic E-state index is 12.9. The lowest BCUT2D eigenvalue weighted by Crippen LogP contribution is -2.33. The van der Waals surface area contributed by atoms with E-state index in [1.807, 2.05) is 20.8 Å². The molecular formula is C24H27N7O6S. The number of amides is 2. The highest BCUT2D eigenvalue weighted by atomic mass is 32.2. The summed E-state index contributed by atoms with van der Waals surface area (Å²) in [7, 11) is 0. The third kappa shape index (κ3) is 6.70. The number of thioether (sulfide) groups is 1. The van der Waals surface area contributed by atoms with Crippen LogP contribution in [0.3, 0.4) is 0 Å². The van der Waals surface area contributed by atoms with Gasteiger partial charge >= 0.3 is 0 Å². The largest absolute Gasteiger partial charge is 0.342 e. The highest BCUT2D eigenvalue weighted by Gasteiger charge is 2.27. The van der Waals surface area contributed by atoms with Gasteiger partial charge in [0, 0.05) is 41.6 Å². The van der Waals surface area contributed by atoms with Crippen LogP contribution in [-0.2, 0) is 11.3 Å². The van der Waals surface area contributed by atoms with Crippen LogP contribution in [0.4, 0.5) is 17.1 Å². The fourth-order valence-corrected chi connectivity index (χ4v) is 4.47. The van der Waals surface area contributed by atoms with E-state index in [1.54, 1.807) is 23.6 Å². The second-order valence-electron chi connectivity index (χ2n) is 8.68. The number of non-ortho nitro benzene ring substituents is 1. The van der Waals surface area contributed by atoms with Crippen LogP contribution in [0.5, 0.6) is 0 Å². The van der Waals surface area contributed by atoms with E-state index in [9.17, 15) is 29.8 Å². The average Bonchev–Trinajstić information content (AvgIpc) is 3.29. The minimum absolute atomic E-state index is 0.0216. The molecule has 1 aromatic heterocycles. The van der Waals surface area contributed by atoms with E-state index in [1.165, 1.54) is 30.3 Å². The molecule has 38 heavy (non-hydrogen) atoms. The van der Waals surface area contributed by atoms with Gasteiger partial charge in [-0.05, 0) is 31.9 Å². The molecule has 2 N–H and O–H groups in total. The molecule has 0 radical (unpaired) electrons. The molecule has 0 saturated heterocycles. The Kier molecular flexibility index (Phi) is 9.12. The third-order valence-electron chi connectivity index (χ3n) is 5.63. The van der Waals surface area contributed by atoms with Crippen molar-refractivity contribution >= 4 is 40.6 Å². The molecule has 2 aromatic carbocycles. The van der Waals surface area contributed by atoms with Crippen LogP contribution in [0.2, 0.25) is 0 Å². The first-order valence-electron chi connectivity index (χ1n) is 11.7. The van der Waals surface area contributed by atoms with Gasteiger partial charge in [-0.3, -0.25) is 29.8 Å². The van der Waals surface area contributed by atoms with Crippen LogP contribution in [0.1, 0.15) is 48.6 Å². The zero-order valence-electron chi connectivity index (χ0n) is 21.2. The molecule has 0 fully saturated rings. The molecule has 3 rings (SSSR count). The number of anilines is 1. The number of aryl methyl sites for hydroxylation is 1. The summed E-state index contributed by atoms with van der Waals surface area (Å²) in [6, 6.07) is 9.37. The van der Waals surface area contributed by atoms with Crippen molar-refractivity contribution in [2.75, 3.05) is 11.1 Å². The van der Waals surface area contributed by atoms with Crippen molar-refractivity contribution in [3.8, 4) is 0 Å². The van der Waals surface area contributed by atoms with Crippen LogP contribution in [0.15, 0.2) is 47.6 Å². The Hall–Kier alpha value is -4.33. The Labute approximate surface area is 222 Å². The zero-order valence-corrected chi connectivity index (χ0v) is 22.0. The number of aromatic nitrogens is 3. The molecule has 0 aliphatic rings. The number of benzene rings is 2. The Balaban J connectivity index is 1.73. The van der Waals surface area contributed by atoms with Gasteiger partial charge in [0.1, 0.15) is 0 Å². The number of hydrogen-bond donors (Lipinski definition) is 2. The molecule has 14 heteroatoms. The predicted octanol–water partition coefficient (Wildman–Crippen LogP) is 4.28. The number of nitrogens with zero attached hydrogens (tertiary/aromatic N) is 5. The molecule has 3 aromatic rings. The molecule has 0 aliphatic carbocycles. The van der Waals surface area contributed by atoms with Gasteiger partial charge in [0.15, 0.2) is 11.0 Å². The first kappa shape index (κ1) is 28.2. The van der Waals surface area contributed by atoms with Gasteiger partial charge in [-0.2, -0.15) is 0 Å². The molecule has 1 atom stereocenters. The Morgan fingerprint density at radius 3 is 2.45 bits per heavy atom. The van der Waals surface area contributed by atoms with Crippen molar-refractivity contribution in [1.29, 1.82) is 0 Å². The van der Waals surface area contributed by atoms with Gasteiger partial charge in [0.2, 0.25) is 5.91 Å². The first-order chi connectivity index (χ1) is 18.0. The van der Waals surface area contributed by atoms with Gasteiger partial charge < -0.3 is 15.2 Å². The number of rotatable bonds is 11. The number of nitro groups is 2. The van der Waals surface area contributed by atoms with Gasteiger partial charge in [-0.15, -0.1) is 10.2 Å². The third-order valence-corrected chi connectivity index (χ3v) is 6.60. The Morgan fingerprint density at radius 2 is 1.82 bits per heavy atom. The molecule has 200 valence electrons. The lowest BCUT2D eigenvalue weighted by Gasteiger charge is -2.22. The summed E-state index contributed by atoms with van der Waals surface area (Å²) in [5.41, 5.74) is 0.679. The standard InChI is InChI=1S/C24H27N7O6S/c1-5-29-22(21(14(2)3)26-23(33)16-7-6-8-18(11-16)30(34)35)27-28-24(29)38-13-20(32)25-17-10-9-15(4)19(12-17)31(36)37/h6-12,14,21H,5,13H2,1-4H3,(H,25,32)(H,26,33)/t21-/m0/s1. The molecular weight excluding hydrogens is 514 g/mol. The molecule has 0 spiro atoms. The molecule has 2 amide bonds. The zero-order chi connectivity index (χ0) is 28.0. The van der Waals surface area contributed by atoms with Crippen molar-refractivity contribution in [3.63, 3.8) is 0 Å². The minimum atomic E-state index is -0.565. The highest BCUT2D eigenvalue weighted by Crippen LogP contribution is 2.27. The summed E-state index contributed by atoms with van der Waals surface area (Å²) < 4.78 is 1.78. The Morgan fingerprint density at radius 1 is 1.08 bits per heavy atom. The van der Waals surface area contributed by atoms with Gasteiger partial charge in [-0.25, -0.2) is 0 Å². The van der Waals surface area contributed by atoms with Crippen LogP contribution in [0, 0.1) is 33.1 Å². The van der Waals surface area contributed by atoms with Crippen molar-refractivity contribution in [3.05, 3.63) is 79.6 Å². The summed E-state index contributed by atoms with van der Waals surface area (Å²) in [6.07, 6.45) is 0. The monoisotopic (exact) mass is 541 g/mol. The van der Waals surface area contributed by atoms with E-state index in [0.29, 0.717) is 28.8 Å². The summed E-state index contributed by atoms with van der Waals surface area (Å²) in [6.45, 7) is 7.75. The van der Waals surface area contributed by atoms with E-state index in [0.717, 1.165) is 11.8 Å². The smallest absolute Gasteiger partial charge is 0.274 e. The van der Waals surface area contributed by atoms with Gasteiger partial charge in [-0.1, -0.05) is 37.7 Å². The molecule has 0 bridgehead atoms. The maximum Gasteiger partial charge on any atom is 0.274 e. The van der Waals surface area contributed by atoms with Crippen molar-refractivity contribution in [1.82, 2.24) is 20.1 Å². The summed E-state index contributed by atoms with van der Waals surface area (Å²) in [5.74, 6) is -0.492. The first-order valence-corrected chi connectivity index (χ1v) is 12.7. The fraction of sp³-hybridized carbons (Fsp3) is 0.333. The van der Waals surface area contributed by atoms with Crippen LogP contribution in [0.25, 0.3) is 0 Å². The van der Waals surface area contributed by atoms with Gasteiger partial charge in [0.05, 0.1) is 21.6 Å². The molecule has 1 heterocycles. The topological polar surface area (TPSA) is 175 Å². The van der Waals surface area contributed by atoms with E-state index < -0.39 is 21.8 Å². The minimum Gasteiger partial charge on any atom is -0.342 e. The average molecular weight is 542 g/mol. The van der Waals surface area contributed by atoms with Crippen molar-refractivity contribution in [2.24, 2.45) is 5.92 Å². The lowest BCUT2D eigenvalue weighted by atomic mass is 10.0. The Bertz CT molecular complexity index is 1370. The van der Waals surface area contributed by atoms with E-state index >= 15 is 0 Å². The quantitative estimate of drug-likeness (QED) is 0.204. The fourth-order valence-electron chi connectivity index (χ4n) is 3.66. The van der Waals surface area contributed by atoms with Crippen LogP contribution < -0.4 is 10.6 Å². The van der Waals surface area contributed by atoms with Crippen LogP contribution >= 0.6 is 11.8 Å². The number of nitrogens with one attached hydrogen (secondary N) is 2. The summed E-state index contributed by atoms with van der Waals surface area (Å²) >= 11 is 1.14. The van der Waals surface area contributed by atoms with E-state index in [-0.39, 0.29) is 34.5 Å². The number of hydrogen-bond acceptors (Lipinski definition) is 9. The number of carbonyl (C=O) groups excluding carboxylic acids is 2. The normalized spacial score (nSPS) is 11.7. The van der Waals surface area contributed by atoms with E-state index in [2.05, 4.69) is 20.8 Å². The summed E-state index contributed by atoms with van der Waals surface area (Å²) in [4.78, 5) is 46.6. The predicted molar refractivity (Wildman–Crippen MR) is 141 cm³/mol. The lowest BCUT2D eigenvalue weighted by molar-refractivity contribution is -0.385. The van der Waals surface area contributed by atoms with Crippen molar-refractivity contribution in [2.45, 2.75) is 45.4 Å². The molecule has 0 unspecified atom stereocenters. The molecule has 0 aliphatic heterocycles. The van der Waals surface area contributed by atoms with Crippen LogP contribution in [-0.4, -0.2) is 42.2 Å². The molecule has 13 nitrogen and oxygen atoms in total. The molecule has 0 saturated carbocycles. The van der Waals surface area contributed by atoms with Gasteiger partial charge in [0.25, 0.3) is 17.3 Å². The highest BCUT2D eigenvalue weighted by molar-refractivity contribution is 7.99. The van der Waals surface area contributed by atoms with E-state index in [4.69, 9.17) is 0 Å². The maximum absolute atomic E-state index is 12.9. The second kappa shape index (κ2) is 12.3. The van der Waals surface area contributed by atoms with Crippen molar-refractivity contribution < 1.29 is 19.4 Å². The number of carbonyl (C=O) groups is 2.